The second kappa shape index (κ2) is 7.71. The van der Waals surface area contributed by atoms with Crippen molar-refractivity contribution in [3.63, 3.8) is 0 Å². The molecule has 1 unspecified atom stereocenters. The molecule has 0 aliphatic carbocycles. The summed E-state index contributed by atoms with van der Waals surface area (Å²) < 4.78 is 26.3. The number of rotatable bonds is 6. The number of halogens is 3. The highest BCUT2D eigenvalue weighted by Crippen LogP contribution is 2.23. The van der Waals surface area contributed by atoms with Crippen molar-refractivity contribution in [2.45, 2.75) is 31.7 Å². The molecule has 1 aromatic carbocycles. The van der Waals surface area contributed by atoms with Crippen LogP contribution in [-0.4, -0.2) is 36.9 Å². The van der Waals surface area contributed by atoms with Gasteiger partial charge in [-0.15, -0.1) is 0 Å². The van der Waals surface area contributed by atoms with E-state index in [0.29, 0.717) is 17.1 Å². The average molecular weight is 317 g/mol. The molecule has 0 spiro atoms. The van der Waals surface area contributed by atoms with E-state index in [1.165, 1.54) is 6.07 Å². The average Bonchev–Trinajstić information content (AvgIpc) is 2.95. The zero-order valence-electron chi connectivity index (χ0n) is 11.7. The molecular formula is C15H19ClF2N2O. The van der Waals surface area contributed by atoms with Crippen molar-refractivity contribution in [2.24, 2.45) is 0 Å². The SMILES string of the molecule is O=C(CCN1CCCC1)NC(c1cccc(Cl)c1)C(F)F. The molecule has 21 heavy (non-hydrogen) atoms. The Hall–Kier alpha value is -1.20. The maximum atomic E-state index is 13.1. The maximum absolute atomic E-state index is 13.1. The predicted octanol–water partition coefficient (Wildman–Crippen LogP) is 3.25. The van der Waals surface area contributed by atoms with Gasteiger partial charge in [-0.25, -0.2) is 8.78 Å². The third-order valence-corrected chi connectivity index (χ3v) is 3.87. The summed E-state index contributed by atoms with van der Waals surface area (Å²) in [5, 5.41) is 2.79. The normalized spacial score (nSPS) is 17.1. The van der Waals surface area contributed by atoms with Gasteiger partial charge < -0.3 is 10.2 Å². The standard InChI is InChI=1S/C15H19ClF2N2O/c16-12-5-3-4-11(10-12)14(15(17)18)19-13(21)6-9-20-7-1-2-8-20/h3-5,10,14-15H,1-2,6-9H2,(H,19,21). The van der Waals surface area contributed by atoms with E-state index in [-0.39, 0.29) is 12.3 Å². The molecule has 1 saturated heterocycles. The number of carbonyl (C=O) groups excluding carboxylic acids is 1. The molecule has 1 atom stereocenters. The van der Waals surface area contributed by atoms with Gasteiger partial charge in [-0.2, -0.15) is 0 Å². The molecule has 0 bridgehead atoms. The number of hydrogen-bond donors (Lipinski definition) is 1. The van der Waals surface area contributed by atoms with Crippen LogP contribution < -0.4 is 5.32 Å². The number of amides is 1. The quantitative estimate of drug-likeness (QED) is 0.874. The monoisotopic (exact) mass is 316 g/mol. The third-order valence-electron chi connectivity index (χ3n) is 3.63. The van der Waals surface area contributed by atoms with Crippen LogP contribution in [0.25, 0.3) is 0 Å². The molecule has 0 saturated carbocycles. The lowest BCUT2D eigenvalue weighted by Crippen LogP contribution is -2.35. The van der Waals surface area contributed by atoms with Crippen molar-refractivity contribution >= 4 is 17.5 Å². The van der Waals surface area contributed by atoms with E-state index < -0.39 is 12.5 Å². The molecular weight excluding hydrogens is 298 g/mol. The topological polar surface area (TPSA) is 32.3 Å². The molecule has 3 nitrogen and oxygen atoms in total. The summed E-state index contributed by atoms with van der Waals surface area (Å²) in [6.07, 6.45) is -0.142. The summed E-state index contributed by atoms with van der Waals surface area (Å²) in [7, 11) is 0. The van der Waals surface area contributed by atoms with Crippen molar-refractivity contribution in [3.8, 4) is 0 Å². The Bertz CT molecular complexity index is 478. The van der Waals surface area contributed by atoms with E-state index in [4.69, 9.17) is 11.6 Å². The number of benzene rings is 1. The van der Waals surface area contributed by atoms with Gasteiger partial charge in [0.1, 0.15) is 6.04 Å². The Morgan fingerprint density at radius 3 is 2.67 bits per heavy atom. The van der Waals surface area contributed by atoms with Crippen molar-refractivity contribution in [3.05, 3.63) is 34.9 Å². The van der Waals surface area contributed by atoms with Crippen LogP contribution in [0.3, 0.4) is 0 Å². The van der Waals surface area contributed by atoms with Gasteiger partial charge in [0.2, 0.25) is 5.91 Å². The zero-order valence-corrected chi connectivity index (χ0v) is 12.5. The molecule has 6 heteroatoms. The van der Waals surface area contributed by atoms with Gasteiger partial charge in [0, 0.05) is 18.0 Å². The van der Waals surface area contributed by atoms with E-state index in [1.54, 1.807) is 18.2 Å². The Morgan fingerprint density at radius 2 is 2.05 bits per heavy atom. The van der Waals surface area contributed by atoms with Gasteiger partial charge in [-0.3, -0.25) is 4.79 Å². The molecule has 1 aromatic rings. The van der Waals surface area contributed by atoms with Crippen molar-refractivity contribution < 1.29 is 13.6 Å². The van der Waals surface area contributed by atoms with Crippen LogP contribution in [0.1, 0.15) is 30.9 Å². The maximum Gasteiger partial charge on any atom is 0.262 e. The summed E-state index contributed by atoms with van der Waals surface area (Å²) in [5.41, 5.74) is 0.326. The zero-order chi connectivity index (χ0) is 15.2. The third kappa shape index (κ3) is 4.93. The van der Waals surface area contributed by atoms with Crippen LogP contribution in [0.2, 0.25) is 5.02 Å². The minimum absolute atomic E-state index is 0.240. The summed E-state index contributed by atoms with van der Waals surface area (Å²) >= 11 is 5.81. The Labute approximate surface area is 128 Å². The van der Waals surface area contributed by atoms with E-state index in [0.717, 1.165) is 25.9 Å². The van der Waals surface area contributed by atoms with Gasteiger partial charge in [0.15, 0.2) is 0 Å². The highest BCUT2D eigenvalue weighted by Gasteiger charge is 2.24. The lowest BCUT2D eigenvalue weighted by molar-refractivity contribution is -0.123. The van der Waals surface area contributed by atoms with E-state index in [1.807, 2.05) is 0 Å². The number of alkyl halides is 2. The Morgan fingerprint density at radius 1 is 1.33 bits per heavy atom. The molecule has 2 rings (SSSR count). The summed E-state index contributed by atoms with van der Waals surface area (Å²) in [6.45, 7) is 2.59. The Balaban J connectivity index is 1.91. The van der Waals surface area contributed by atoms with Crippen LogP contribution >= 0.6 is 11.6 Å². The number of hydrogen-bond acceptors (Lipinski definition) is 2. The molecule has 0 aromatic heterocycles. The molecule has 1 aliphatic rings. The van der Waals surface area contributed by atoms with Crippen molar-refractivity contribution in [2.75, 3.05) is 19.6 Å². The number of likely N-dealkylation sites (tertiary alicyclic amines) is 1. The second-order valence-corrected chi connectivity index (χ2v) is 5.67. The largest absolute Gasteiger partial charge is 0.344 e. The minimum atomic E-state index is -2.67. The molecule has 1 heterocycles. The van der Waals surface area contributed by atoms with Gasteiger partial charge in [0.25, 0.3) is 6.43 Å². The lowest BCUT2D eigenvalue weighted by atomic mass is 10.1. The van der Waals surface area contributed by atoms with Gasteiger partial charge >= 0.3 is 0 Å². The Kier molecular flexibility index (Phi) is 5.94. The summed E-state index contributed by atoms with van der Waals surface area (Å²) in [4.78, 5) is 14.0. The van der Waals surface area contributed by atoms with Gasteiger partial charge in [-0.05, 0) is 43.6 Å². The summed E-state index contributed by atoms with van der Waals surface area (Å²) in [5.74, 6) is -0.354. The second-order valence-electron chi connectivity index (χ2n) is 5.23. The molecule has 1 N–H and O–H groups in total. The fraction of sp³-hybridized carbons (Fsp3) is 0.533. The molecule has 0 radical (unpaired) electrons. The smallest absolute Gasteiger partial charge is 0.262 e. The fourth-order valence-corrected chi connectivity index (χ4v) is 2.70. The van der Waals surface area contributed by atoms with Crippen LogP contribution in [0.5, 0.6) is 0 Å². The predicted molar refractivity (Wildman–Crippen MR) is 78.6 cm³/mol. The van der Waals surface area contributed by atoms with Crippen LogP contribution in [0.4, 0.5) is 8.78 Å². The number of carbonyl (C=O) groups is 1. The molecule has 1 fully saturated rings. The van der Waals surface area contributed by atoms with Crippen molar-refractivity contribution in [1.29, 1.82) is 0 Å². The van der Waals surface area contributed by atoms with E-state index >= 15 is 0 Å². The van der Waals surface area contributed by atoms with E-state index in [2.05, 4.69) is 10.2 Å². The first-order chi connectivity index (χ1) is 10.1. The lowest BCUT2D eigenvalue weighted by Gasteiger charge is -2.20. The van der Waals surface area contributed by atoms with Crippen LogP contribution in [0, 0.1) is 0 Å². The van der Waals surface area contributed by atoms with Gasteiger partial charge in [-0.1, -0.05) is 23.7 Å². The van der Waals surface area contributed by atoms with Crippen LogP contribution in [0.15, 0.2) is 24.3 Å². The first-order valence-electron chi connectivity index (χ1n) is 7.11. The highest BCUT2D eigenvalue weighted by atomic mass is 35.5. The van der Waals surface area contributed by atoms with Gasteiger partial charge in [0.05, 0.1) is 0 Å². The first kappa shape index (κ1) is 16.2. The molecule has 116 valence electrons. The van der Waals surface area contributed by atoms with E-state index in [9.17, 15) is 13.6 Å². The molecule has 1 amide bonds. The van der Waals surface area contributed by atoms with Crippen molar-refractivity contribution in [1.82, 2.24) is 10.2 Å². The number of nitrogens with zero attached hydrogens (tertiary/aromatic N) is 1. The summed E-state index contributed by atoms with van der Waals surface area (Å²) in [6, 6.07) is 4.91. The van der Waals surface area contributed by atoms with Crippen LogP contribution in [-0.2, 0) is 4.79 Å². The minimum Gasteiger partial charge on any atom is -0.344 e. The highest BCUT2D eigenvalue weighted by molar-refractivity contribution is 6.30. The fourth-order valence-electron chi connectivity index (χ4n) is 2.50. The first-order valence-corrected chi connectivity index (χ1v) is 7.49. The number of nitrogens with one attached hydrogen (secondary N) is 1. The molecule has 1 aliphatic heterocycles.